The summed E-state index contributed by atoms with van der Waals surface area (Å²) >= 11 is 6.22. The summed E-state index contributed by atoms with van der Waals surface area (Å²) < 4.78 is 6.02. The van der Waals surface area contributed by atoms with Gasteiger partial charge in [0.05, 0.1) is 11.1 Å². The van der Waals surface area contributed by atoms with E-state index < -0.39 is 0 Å². The molecule has 2 N–H and O–H groups in total. The van der Waals surface area contributed by atoms with Crippen molar-refractivity contribution in [2.45, 2.75) is 52.0 Å². The van der Waals surface area contributed by atoms with Gasteiger partial charge in [0.25, 0.3) is 0 Å². The van der Waals surface area contributed by atoms with Crippen LogP contribution in [0.2, 0.25) is 5.02 Å². The first kappa shape index (κ1) is 14.9. The number of fused-ring (bicyclic) bond motifs is 1. The molecule has 0 saturated heterocycles. The Labute approximate surface area is 131 Å². The molecule has 0 radical (unpaired) electrons. The molecule has 2 aromatic rings. The fourth-order valence-electron chi connectivity index (χ4n) is 4.04. The van der Waals surface area contributed by atoms with E-state index >= 15 is 0 Å². The summed E-state index contributed by atoms with van der Waals surface area (Å²) in [4.78, 5) is 0. The van der Waals surface area contributed by atoms with Crippen LogP contribution in [0.25, 0.3) is 11.0 Å². The maximum atomic E-state index is 6.66. The van der Waals surface area contributed by atoms with Crippen LogP contribution in [0.15, 0.2) is 28.7 Å². The lowest BCUT2D eigenvalue weighted by Crippen LogP contribution is -2.33. The van der Waals surface area contributed by atoms with Crippen LogP contribution in [0, 0.1) is 11.3 Å². The normalized spacial score (nSPS) is 19.5. The zero-order chi connectivity index (χ0) is 15.0. The minimum absolute atomic E-state index is 0.0362. The molecule has 0 amide bonds. The number of hydrogen-bond acceptors (Lipinski definition) is 2. The summed E-state index contributed by atoms with van der Waals surface area (Å²) in [6, 6.07) is 7.89. The Hall–Kier alpha value is -0.990. The van der Waals surface area contributed by atoms with Gasteiger partial charge < -0.3 is 10.2 Å². The first-order valence-corrected chi connectivity index (χ1v) is 8.33. The van der Waals surface area contributed by atoms with E-state index in [1.54, 1.807) is 0 Å². The van der Waals surface area contributed by atoms with Crippen LogP contribution in [-0.4, -0.2) is 0 Å². The van der Waals surface area contributed by atoms with E-state index in [1.165, 1.54) is 32.1 Å². The Bertz CT molecular complexity index is 625. The monoisotopic (exact) mass is 305 g/mol. The molecule has 0 aliphatic heterocycles. The van der Waals surface area contributed by atoms with Gasteiger partial charge >= 0.3 is 0 Å². The van der Waals surface area contributed by atoms with Crippen molar-refractivity contribution in [3.8, 4) is 0 Å². The Morgan fingerprint density at radius 2 is 2.00 bits per heavy atom. The van der Waals surface area contributed by atoms with Crippen LogP contribution in [0.3, 0.4) is 0 Å². The lowest BCUT2D eigenvalue weighted by Gasteiger charge is -2.35. The molecule has 1 heterocycles. The summed E-state index contributed by atoms with van der Waals surface area (Å²) in [6.45, 7) is 4.56. The van der Waals surface area contributed by atoms with Gasteiger partial charge in [-0.3, -0.25) is 0 Å². The van der Waals surface area contributed by atoms with Crippen molar-refractivity contribution in [1.82, 2.24) is 0 Å². The fraction of sp³-hybridized carbons (Fsp3) is 0.556. The van der Waals surface area contributed by atoms with Crippen molar-refractivity contribution in [2.24, 2.45) is 17.1 Å². The Kier molecular flexibility index (Phi) is 4.02. The summed E-state index contributed by atoms with van der Waals surface area (Å²) in [5, 5.41) is 1.71. The highest BCUT2D eigenvalue weighted by atomic mass is 35.5. The van der Waals surface area contributed by atoms with E-state index in [1.807, 2.05) is 18.2 Å². The van der Waals surface area contributed by atoms with Gasteiger partial charge in [0.15, 0.2) is 5.58 Å². The summed E-state index contributed by atoms with van der Waals surface area (Å²) in [7, 11) is 0. The van der Waals surface area contributed by atoms with E-state index in [0.29, 0.717) is 10.9 Å². The minimum atomic E-state index is -0.0362. The number of rotatable bonds is 4. The quantitative estimate of drug-likeness (QED) is 0.787. The van der Waals surface area contributed by atoms with Crippen molar-refractivity contribution >= 4 is 22.6 Å². The number of furan rings is 1. The molecule has 1 aliphatic rings. The number of hydrogen-bond donors (Lipinski definition) is 1. The van der Waals surface area contributed by atoms with E-state index in [9.17, 15) is 0 Å². The van der Waals surface area contributed by atoms with Gasteiger partial charge in [0.2, 0.25) is 0 Å². The van der Waals surface area contributed by atoms with Crippen molar-refractivity contribution in [3.63, 3.8) is 0 Å². The van der Waals surface area contributed by atoms with Crippen LogP contribution in [0.4, 0.5) is 0 Å². The molecule has 0 spiro atoms. The third-order valence-corrected chi connectivity index (χ3v) is 5.19. The molecule has 1 aromatic carbocycles. The second-order valence-corrected chi connectivity index (χ2v) is 7.36. The summed E-state index contributed by atoms with van der Waals surface area (Å²) in [5.41, 5.74) is 7.62. The highest BCUT2D eigenvalue weighted by Gasteiger charge is 2.42. The Morgan fingerprint density at radius 1 is 1.29 bits per heavy atom. The lowest BCUT2D eigenvalue weighted by atomic mass is 9.72. The molecular formula is C18H24ClNO. The van der Waals surface area contributed by atoms with E-state index in [0.717, 1.165) is 16.7 Å². The predicted molar refractivity (Wildman–Crippen MR) is 88.5 cm³/mol. The average Bonchev–Trinajstić information content (AvgIpc) is 3.05. The molecule has 1 fully saturated rings. The van der Waals surface area contributed by atoms with Gasteiger partial charge in [-0.2, -0.15) is 0 Å². The van der Waals surface area contributed by atoms with Crippen LogP contribution in [-0.2, 0) is 0 Å². The maximum absolute atomic E-state index is 6.66. The number of nitrogens with two attached hydrogens (primary N) is 1. The van der Waals surface area contributed by atoms with E-state index in [2.05, 4.69) is 19.9 Å². The topological polar surface area (TPSA) is 39.2 Å². The summed E-state index contributed by atoms with van der Waals surface area (Å²) in [5.74, 6) is 1.54. The molecule has 114 valence electrons. The zero-order valence-corrected chi connectivity index (χ0v) is 13.6. The first-order chi connectivity index (χ1) is 10.0. The van der Waals surface area contributed by atoms with Crippen LogP contribution < -0.4 is 5.73 Å². The molecule has 3 rings (SSSR count). The molecule has 1 aromatic heterocycles. The third kappa shape index (κ3) is 2.72. The van der Waals surface area contributed by atoms with Gasteiger partial charge in [0, 0.05) is 5.39 Å². The molecular weight excluding hydrogens is 282 g/mol. The number of halogens is 1. The number of benzene rings is 1. The molecule has 3 heteroatoms. The lowest BCUT2D eigenvalue weighted by molar-refractivity contribution is 0.168. The van der Waals surface area contributed by atoms with Crippen LogP contribution in [0.5, 0.6) is 0 Å². The second-order valence-electron chi connectivity index (χ2n) is 6.95. The SMILES string of the molecule is CC(C)CC1(C(N)c2cc3cccc(Cl)c3o2)CCCC1. The fourth-order valence-corrected chi connectivity index (χ4v) is 4.26. The van der Waals surface area contributed by atoms with Gasteiger partial charge in [-0.15, -0.1) is 0 Å². The second kappa shape index (κ2) is 5.66. The van der Waals surface area contributed by atoms with E-state index in [-0.39, 0.29) is 11.5 Å². The van der Waals surface area contributed by atoms with Crippen molar-refractivity contribution < 1.29 is 4.42 Å². The molecule has 21 heavy (non-hydrogen) atoms. The average molecular weight is 306 g/mol. The molecule has 2 nitrogen and oxygen atoms in total. The molecule has 1 unspecified atom stereocenters. The predicted octanol–water partition coefficient (Wildman–Crippen LogP) is 5.69. The van der Waals surface area contributed by atoms with E-state index in [4.69, 9.17) is 21.8 Å². The van der Waals surface area contributed by atoms with Crippen molar-refractivity contribution in [3.05, 3.63) is 35.0 Å². The van der Waals surface area contributed by atoms with Gasteiger partial charge in [-0.1, -0.05) is 50.4 Å². The molecule has 1 aliphatic carbocycles. The molecule has 0 bridgehead atoms. The highest BCUT2D eigenvalue weighted by molar-refractivity contribution is 6.34. The Balaban J connectivity index is 1.98. The van der Waals surface area contributed by atoms with Gasteiger partial charge in [0.1, 0.15) is 5.76 Å². The Morgan fingerprint density at radius 3 is 2.62 bits per heavy atom. The van der Waals surface area contributed by atoms with Gasteiger partial charge in [-0.25, -0.2) is 0 Å². The largest absolute Gasteiger partial charge is 0.458 e. The van der Waals surface area contributed by atoms with Crippen molar-refractivity contribution in [2.75, 3.05) is 0 Å². The standard InChI is InChI=1S/C18H24ClNO/c1-12(2)11-18(8-3-4-9-18)17(20)15-10-13-6-5-7-14(19)16(13)21-15/h5-7,10,12,17H,3-4,8-9,11,20H2,1-2H3. The van der Waals surface area contributed by atoms with Crippen molar-refractivity contribution in [1.29, 1.82) is 0 Å². The third-order valence-electron chi connectivity index (χ3n) is 4.90. The minimum Gasteiger partial charge on any atom is -0.458 e. The smallest absolute Gasteiger partial charge is 0.152 e. The maximum Gasteiger partial charge on any atom is 0.152 e. The zero-order valence-electron chi connectivity index (χ0n) is 12.9. The van der Waals surface area contributed by atoms with Crippen LogP contribution in [0.1, 0.15) is 57.8 Å². The molecule has 1 saturated carbocycles. The highest BCUT2D eigenvalue weighted by Crippen LogP contribution is 2.51. The van der Waals surface area contributed by atoms with Gasteiger partial charge in [-0.05, 0) is 42.7 Å². The first-order valence-electron chi connectivity index (χ1n) is 7.95. The number of para-hydroxylation sites is 1. The molecule has 1 atom stereocenters. The summed E-state index contributed by atoms with van der Waals surface area (Å²) in [6.07, 6.45) is 6.13. The van der Waals surface area contributed by atoms with Crippen LogP contribution >= 0.6 is 11.6 Å².